The Morgan fingerprint density at radius 1 is 1.02 bits per heavy atom. The van der Waals surface area contributed by atoms with Crippen molar-refractivity contribution in [2.75, 3.05) is 7.11 Å². The molecular weight excluding hydrogens is 568 g/mol. The number of phenolic OH excluding ortho intramolecular Hbond substituents is 1. The van der Waals surface area contributed by atoms with E-state index in [4.69, 9.17) is 18.6 Å². The molecule has 0 bridgehead atoms. The fourth-order valence-electron chi connectivity index (χ4n) is 6.39. The third-order valence-corrected chi connectivity index (χ3v) is 9.10. The highest BCUT2D eigenvalue weighted by atomic mass is 16.6. The SMILES string of the molecule is COc1cc2c(=O)c3c(O)c(CC=C(C)C)c4c(c3oc2c2c1[C@](C/C=C(\C)C(=O)O)(C(=O)O)OC2(C)C)C(C)(C)[C@@H](C)O4. The van der Waals surface area contributed by atoms with Crippen molar-refractivity contribution < 1.29 is 43.5 Å². The second-order valence-corrected chi connectivity index (χ2v) is 13.0. The van der Waals surface area contributed by atoms with E-state index in [1.807, 2.05) is 40.7 Å². The van der Waals surface area contributed by atoms with Crippen molar-refractivity contribution in [1.82, 2.24) is 0 Å². The van der Waals surface area contributed by atoms with E-state index in [1.165, 1.54) is 26.2 Å². The highest BCUT2D eigenvalue weighted by molar-refractivity contribution is 6.01. The molecule has 2 aromatic carbocycles. The molecular formula is C34H38O10. The summed E-state index contributed by atoms with van der Waals surface area (Å²) in [6.07, 6.45) is 2.95. The van der Waals surface area contributed by atoms with Crippen molar-refractivity contribution in [3.63, 3.8) is 0 Å². The number of benzene rings is 2. The van der Waals surface area contributed by atoms with Crippen LogP contribution in [0.2, 0.25) is 0 Å². The normalized spacial score (nSPS) is 21.6. The zero-order valence-corrected chi connectivity index (χ0v) is 26.4. The number of methoxy groups -OCH3 is 1. The van der Waals surface area contributed by atoms with Crippen LogP contribution in [-0.2, 0) is 37.4 Å². The van der Waals surface area contributed by atoms with Gasteiger partial charge in [0, 0.05) is 39.7 Å². The van der Waals surface area contributed by atoms with Crippen LogP contribution in [0.1, 0.15) is 84.1 Å². The number of carboxylic acids is 2. The van der Waals surface area contributed by atoms with Crippen molar-refractivity contribution in [2.24, 2.45) is 0 Å². The first-order valence-electron chi connectivity index (χ1n) is 14.4. The highest BCUT2D eigenvalue weighted by Gasteiger charge is 2.57. The fraction of sp³-hybridized carbons (Fsp3) is 0.441. The molecule has 0 saturated heterocycles. The van der Waals surface area contributed by atoms with Crippen LogP contribution in [0.4, 0.5) is 0 Å². The van der Waals surface area contributed by atoms with Gasteiger partial charge in [0.15, 0.2) is 5.60 Å². The van der Waals surface area contributed by atoms with E-state index in [0.29, 0.717) is 28.9 Å². The number of carboxylic acid groups (broad SMARTS) is 2. The maximum absolute atomic E-state index is 14.4. The van der Waals surface area contributed by atoms with Gasteiger partial charge in [0.2, 0.25) is 5.43 Å². The smallest absolute Gasteiger partial charge is 0.341 e. The van der Waals surface area contributed by atoms with E-state index in [1.54, 1.807) is 13.8 Å². The summed E-state index contributed by atoms with van der Waals surface area (Å²) in [4.78, 5) is 38.9. The molecule has 234 valence electrons. The minimum Gasteiger partial charge on any atom is -0.507 e. The van der Waals surface area contributed by atoms with Crippen LogP contribution in [-0.4, -0.2) is 40.5 Å². The van der Waals surface area contributed by atoms with Crippen LogP contribution in [0.15, 0.2) is 38.6 Å². The second kappa shape index (κ2) is 10.1. The van der Waals surface area contributed by atoms with Crippen LogP contribution in [0.5, 0.6) is 17.2 Å². The molecule has 1 aromatic heterocycles. The topological polar surface area (TPSA) is 153 Å². The summed E-state index contributed by atoms with van der Waals surface area (Å²) >= 11 is 0. The van der Waals surface area contributed by atoms with Crippen LogP contribution < -0.4 is 14.9 Å². The molecule has 0 amide bonds. The first kappa shape index (κ1) is 31.1. The Balaban J connectivity index is 1.97. The van der Waals surface area contributed by atoms with E-state index < -0.39 is 34.0 Å². The van der Waals surface area contributed by atoms with Crippen LogP contribution in [0.3, 0.4) is 0 Å². The van der Waals surface area contributed by atoms with Crippen molar-refractivity contribution in [3.05, 3.63) is 61.8 Å². The zero-order valence-electron chi connectivity index (χ0n) is 26.4. The molecule has 0 aliphatic carbocycles. The summed E-state index contributed by atoms with van der Waals surface area (Å²) in [7, 11) is 1.35. The monoisotopic (exact) mass is 606 g/mol. The molecule has 5 rings (SSSR count). The lowest BCUT2D eigenvalue weighted by atomic mass is 9.79. The molecule has 44 heavy (non-hydrogen) atoms. The van der Waals surface area contributed by atoms with Gasteiger partial charge in [-0.2, -0.15) is 0 Å². The Labute approximate surface area is 254 Å². The van der Waals surface area contributed by atoms with Gasteiger partial charge in [0.1, 0.15) is 39.9 Å². The van der Waals surface area contributed by atoms with Gasteiger partial charge in [-0.3, -0.25) is 4.79 Å². The number of hydrogen-bond donors (Lipinski definition) is 3. The average molecular weight is 607 g/mol. The van der Waals surface area contributed by atoms with Crippen LogP contribution in [0.25, 0.3) is 21.9 Å². The summed E-state index contributed by atoms with van der Waals surface area (Å²) in [5, 5.41) is 31.7. The van der Waals surface area contributed by atoms with Gasteiger partial charge in [-0.05, 0) is 54.0 Å². The Morgan fingerprint density at radius 3 is 2.25 bits per heavy atom. The molecule has 3 N–H and O–H groups in total. The minimum atomic E-state index is -2.04. The van der Waals surface area contributed by atoms with Gasteiger partial charge in [-0.15, -0.1) is 0 Å². The van der Waals surface area contributed by atoms with Crippen molar-refractivity contribution in [2.45, 2.75) is 91.0 Å². The maximum Gasteiger partial charge on any atom is 0.341 e. The lowest BCUT2D eigenvalue weighted by molar-refractivity contribution is -0.182. The number of hydrogen-bond acceptors (Lipinski definition) is 8. The molecule has 3 aromatic rings. The second-order valence-electron chi connectivity index (χ2n) is 13.0. The summed E-state index contributed by atoms with van der Waals surface area (Å²) in [6.45, 7) is 14.5. The Bertz CT molecular complexity index is 1880. The summed E-state index contributed by atoms with van der Waals surface area (Å²) in [5.74, 6) is -2.26. The third-order valence-electron chi connectivity index (χ3n) is 9.10. The van der Waals surface area contributed by atoms with Gasteiger partial charge < -0.3 is 33.9 Å². The number of aliphatic carboxylic acids is 2. The molecule has 0 spiro atoms. The number of fused-ring (bicyclic) bond motifs is 6. The Kier molecular flexibility index (Phi) is 7.16. The standard InChI is InChI=1S/C34H38O10/c1-15(2)10-11-18-25(35)21-26(36)19-14-20(41-9)22-23(28(19)43-29(21)24-27(18)42-17(4)32(24,5)6)33(7,8)44-34(22,31(39)40)13-12-16(3)30(37)38/h10,12,14,17,35H,11,13H2,1-9H3,(H,37,38)(H,39,40)/b16-12+/t17-,34-/m1/s1. The van der Waals surface area contributed by atoms with Crippen molar-refractivity contribution >= 4 is 33.9 Å². The Hall–Kier alpha value is -4.31. The van der Waals surface area contributed by atoms with Gasteiger partial charge in [0.05, 0.1) is 18.1 Å². The van der Waals surface area contributed by atoms with Crippen LogP contribution >= 0.6 is 0 Å². The molecule has 0 fully saturated rings. The summed E-state index contributed by atoms with van der Waals surface area (Å²) < 4.78 is 24.9. The molecule has 10 heteroatoms. The molecule has 10 nitrogen and oxygen atoms in total. The third kappa shape index (κ3) is 4.29. The molecule has 2 aliphatic heterocycles. The quantitative estimate of drug-likeness (QED) is 0.161. The van der Waals surface area contributed by atoms with E-state index >= 15 is 0 Å². The molecule has 2 aliphatic rings. The predicted molar refractivity (Wildman–Crippen MR) is 164 cm³/mol. The van der Waals surface area contributed by atoms with E-state index in [-0.39, 0.29) is 57.1 Å². The molecule has 0 radical (unpaired) electrons. The van der Waals surface area contributed by atoms with Gasteiger partial charge >= 0.3 is 11.9 Å². The summed E-state index contributed by atoms with van der Waals surface area (Å²) in [6, 6.07) is 1.41. The average Bonchev–Trinajstić information content (AvgIpc) is 3.32. The lowest BCUT2D eigenvalue weighted by Gasteiger charge is -2.28. The van der Waals surface area contributed by atoms with E-state index in [2.05, 4.69) is 0 Å². The number of phenols is 1. The number of carbonyl (C=O) groups is 2. The molecule has 3 heterocycles. The van der Waals surface area contributed by atoms with Gasteiger partial charge in [-0.25, -0.2) is 9.59 Å². The maximum atomic E-state index is 14.4. The molecule has 0 unspecified atom stereocenters. The largest absolute Gasteiger partial charge is 0.507 e. The van der Waals surface area contributed by atoms with E-state index in [9.17, 15) is 29.7 Å². The predicted octanol–water partition coefficient (Wildman–Crippen LogP) is 6.19. The zero-order chi connectivity index (χ0) is 32.7. The van der Waals surface area contributed by atoms with Crippen LogP contribution in [0, 0.1) is 0 Å². The minimum absolute atomic E-state index is 0.00224. The fourth-order valence-corrected chi connectivity index (χ4v) is 6.39. The van der Waals surface area contributed by atoms with Gasteiger partial charge in [0.25, 0.3) is 0 Å². The Morgan fingerprint density at radius 2 is 1.68 bits per heavy atom. The van der Waals surface area contributed by atoms with Crippen molar-refractivity contribution in [3.8, 4) is 17.2 Å². The lowest BCUT2D eigenvalue weighted by Crippen LogP contribution is -2.37. The highest BCUT2D eigenvalue weighted by Crippen LogP contribution is 2.57. The first-order chi connectivity index (χ1) is 20.4. The molecule has 0 saturated carbocycles. The molecule has 2 atom stereocenters. The van der Waals surface area contributed by atoms with E-state index in [0.717, 1.165) is 5.57 Å². The summed E-state index contributed by atoms with van der Waals surface area (Å²) in [5.41, 5.74) is -1.70. The van der Waals surface area contributed by atoms with Gasteiger partial charge in [-0.1, -0.05) is 31.6 Å². The number of ether oxygens (including phenoxy) is 3. The van der Waals surface area contributed by atoms with Crippen molar-refractivity contribution in [1.29, 1.82) is 0 Å². The first-order valence-corrected chi connectivity index (χ1v) is 14.4. The number of aromatic hydroxyl groups is 1. The number of allylic oxidation sites excluding steroid dienone is 2. The number of rotatable bonds is 7.